The van der Waals surface area contributed by atoms with Gasteiger partial charge >= 0.3 is 5.97 Å². The van der Waals surface area contributed by atoms with Crippen molar-refractivity contribution >= 4 is 16.3 Å². The standard InChI is InChI=1S/C49H16F20O5S/c50-24-23(25(51)27(53)28(54)26(24)52)22-20(49(70)74-75(17-10-4-1-5-11-17,18-12-6-2-7-13-18)19-14-8-3-9-15-19)16-21(71-46-38(64)32(58)29(55)33(59)39(46)65)44(72-47-40(66)34(60)30(56)35(61)41(47)67)45(22)73-48-42(68)36(62)31(57)37(63)43(48)69/h1-16H. The minimum absolute atomic E-state index is 0.0597. The van der Waals surface area contributed by atoms with Crippen molar-refractivity contribution < 1.29 is 111 Å². The lowest BCUT2D eigenvalue weighted by Gasteiger charge is -2.40. The van der Waals surface area contributed by atoms with Gasteiger partial charge in [0.2, 0.25) is 116 Å². The monoisotopic (exact) mass is 1100 g/mol. The molecule has 0 bridgehead atoms. The van der Waals surface area contributed by atoms with E-state index in [4.69, 9.17) is 18.4 Å². The molecule has 0 aliphatic carbocycles. The minimum atomic E-state index is -3.91. The molecule has 0 saturated carbocycles. The van der Waals surface area contributed by atoms with Crippen LogP contribution in [0.25, 0.3) is 11.1 Å². The van der Waals surface area contributed by atoms with Crippen LogP contribution in [0.3, 0.4) is 0 Å². The summed E-state index contributed by atoms with van der Waals surface area (Å²) in [6.45, 7) is 0. The van der Waals surface area contributed by atoms with Crippen LogP contribution in [0, 0.1) is 116 Å². The Labute approximate surface area is 405 Å². The lowest BCUT2D eigenvalue weighted by molar-refractivity contribution is 0.0757. The number of benzene rings is 8. The molecule has 0 spiro atoms. The maximum absolute atomic E-state index is 16.4. The molecule has 8 aromatic carbocycles. The second kappa shape index (κ2) is 20.1. The number of rotatable bonds is 12. The molecule has 0 atom stereocenters. The SMILES string of the molecule is O=C(OS(c1ccccc1)(c1ccccc1)c1ccccc1)c1cc(Oc2c(F)c(F)c(F)c(F)c2F)c(Oc2c(F)c(F)c(F)c(F)c2F)c(Oc2c(F)c(F)c(F)c(F)c2F)c1-c1c(F)c(F)c(F)c(F)c1F. The fourth-order valence-electron chi connectivity index (χ4n) is 7.00. The maximum atomic E-state index is 16.4. The van der Waals surface area contributed by atoms with Gasteiger partial charge in [-0.2, -0.15) is 26.3 Å². The van der Waals surface area contributed by atoms with E-state index < -0.39 is 184 Å². The first-order valence-corrected chi connectivity index (χ1v) is 21.6. The van der Waals surface area contributed by atoms with Crippen molar-refractivity contribution in [1.29, 1.82) is 0 Å². The first kappa shape index (κ1) is 52.9. The second-order valence-electron chi connectivity index (χ2n) is 14.8. The van der Waals surface area contributed by atoms with Gasteiger partial charge in [0.25, 0.3) is 0 Å². The molecule has 0 aliphatic rings. The third-order valence-corrected chi connectivity index (χ3v) is 13.6. The molecule has 0 N–H and O–H groups in total. The molecule has 5 nitrogen and oxygen atoms in total. The van der Waals surface area contributed by atoms with E-state index in [2.05, 4.69) is 0 Å². The molecule has 75 heavy (non-hydrogen) atoms. The highest BCUT2D eigenvalue weighted by Gasteiger charge is 2.43. The van der Waals surface area contributed by atoms with Gasteiger partial charge in [-0.15, -0.1) is 0 Å². The first-order chi connectivity index (χ1) is 35.5. The zero-order valence-corrected chi connectivity index (χ0v) is 36.6. The molecule has 8 aromatic rings. The quantitative estimate of drug-likeness (QED) is 0.0693. The summed E-state index contributed by atoms with van der Waals surface area (Å²) in [6.07, 6.45) is 0. The van der Waals surface area contributed by atoms with Crippen molar-refractivity contribution in [3.8, 4) is 45.6 Å². The van der Waals surface area contributed by atoms with Gasteiger partial charge in [0.05, 0.1) is 11.1 Å². The van der Waals surface area contributed by atoms with Gasteiger partial charge in [-0.1, -0.05) is 54.6 Å². The molecule has 0 heterocycles. The smallest absolute Gasteiger partial charge is 0.350 e. The van der Waals surface area contributed by atoms with Gasteiger partial charge in [0.1, 0.15) is 0 Å². The van der Waals surface area contributed by atoms with Crippen molar-refractivity contribution in [2.75, 3.05) is 0 Å². The topological polar surface area (TPSA) is 54.0 Å². The largest absolute Gasteiger partial charge is 0.447 e. The molecular formula is C49H16F20O5S. The van der Waals surface area contributed by atoms with Gasteiger partial charge in [-0.05, 0) is 46.7 Å². The highest BCUT2D eigenvalue weighted by molar-refractivity contribution is 8.30. The van der Waals surface area contributed by atoms with E-state index in [1.165, 1.54) is 91.0 Å². The molecule has 0 amide bonds. The van der Waals surface area contributed by atoms with Crippen molar-refractivity contribution in [1.82, 2.24) is 0 Å². The van der Waals surface area contributed by atoms with Crippen LogP contribution in [0.2, 0.25) is 0 Å². The van der Waals surface area contributed by atoms with Crippen LogP contribution < -0.4 is 14.2 Å². The van der Waals surface area contributed by atoms with Crippen molar-refractivity contribution in [3.05, 3.63) is 219 Å². The average Bonchev–Trinajstić information content (AvgIpc) is 3.42. The summed E-state index contributed by atoms with van der Waals surface area (Å²) in [5.74, 6) is -79.6. The van der Waals surface area contributed by atoms with Gasteiger partial charge in [-0.3, -0.25) is 0 Å². The van der Waals surface area contributed by atoms with E-state index in [0.29, 0.717) is 0 Å². The normalized spacial score (nSPS) is 11.7. The fourth-order valence-corrected chi connectivity index (χ4v) is 10.0. The number of carbonyl (C=O) groups is 1. The number of hydrogen-bond acceptors (Lipinski definition) is 5. The summed E-state index contributed by atoms with van der Waals surface area (Å²) in [4.78, 5) is 15.2. The molecule has 26 heteroatoms. The van der Waals surface area contributed by atoms with Crippen LogP contribution in [-0.4, -0.2) is 5.97 Å². The molecule has 0 saturated heterocycles. The fraction of sp³-hybridized carbons (Fsp3) is 0. The van der Waals surface area contributed by atoms with Crippen LogP contribution >= 0.6 is 10.3 Å². The zero-order chi connectivity index (χ0) is 54.7. The third kappa shape index (κ3) is 8.70. The highest BCUT2D eigenvalue weighted by Crippen LogP contribution is 2.70. The Kier molecular flexibility index (Phi) is 14.2. The molecule has 0 unspecified atom stereocenters. The van der Waals surface area contributed by atoms with Crippen LogP contribution in [0.4, 0.5) is 87.8 Å². The predicted octanol–water partition coefficient (Wildman–Crippen LogP) is 16.6. The lowest BCUT2D eigenvalue weighted by Crippen LogP contribution is -2.17. The Balaban J connectivity index is 1.62. The van der Waals surface area contributed by atoms with Crippen molar-refractivity contribution in [3.63, 3.8) is 0 Å². The zero-order valence-electron chi connectivity index (χ0n) is 35.7. The van der Waals surface area contributed by atoms with Crippen LogP contribution in [0.5, 0.6) is 34.5 Å². The summed E-state index contributed by atoms with van der Waals surface area (Å²) in [5, 5.41) is 0. The average molecular weight is 1100 g/mol. The molecule has 0 fully saturated rings. The summed E-state index contributed by atoms with van der Waals surface area (Å²) < 4.78 is 325. The number of halogens is 20. The summed E-state index contributed by atoms with van der Waals surface area (Å²) >= 11 is 0. The van der Waals surface area contributed by atoms with E-state index in [-0.39, 0.29) is 20.8 Å². The van der Waals surface area contributed by atoms with E-state index >= 15 is 48.7 Å². The molecule has 0 radical (unpaired) electrons. The van der Waals surface area contributed by atoms with E-state index in [1.807, 2.05) is 0 Å². The summed E-state index contributed by atoms with van der Waals surface area (Å²) in [5.41, 5.74) is -7.12. The Hall–Kier alpha value is -8.42. The van der Waals surface area contributed by atoms with Crippen molar-refractivity contribution in [2.45, 2.75) is 14.7 Å². The summed E-state index contributed by atoms with van der Waals surface area (Å²) in [6, 6.07) is 19.6. The van der Waals surface area contributed by atoms with E-state index in [0.717, 1.165) is 0 Å². The lowest BCUT2D eigenvalue weighted by atomic mass is 9.95. The Morgan fingerprint density at radius 2 is 0.560 bits per heavy atom. The summed E-state index contributed by atoms with van der Waals surface area (Å²) in [7, 11) is -3.91. The maximum Gasteiger partial charge on any atom is 0.350 e. The predicted molar refractivity (Wildman–Crippen MR) is 218 cm³/mol. The number of ether oxygens (including phenoxy) is 3. The number of hydrogen-bond donors (Lipinski definition) is 0. The molecule has 8 rings (SSSR count). The Morgan fingerprint density at radius 1 is 0.293 bits per heavy atom. The highest BCUT2D eigenvalue weighted by atomic mass is 32.3. The Morgan fingerprint density at radius 3 is 0.880 bits per heavy atom. The molecule has 388 valence electrons. The van der Waals surface area contributed by atoms with Gasteiger partial charge in [0, 0.05) is 26.3 Å². The van der Waals surface area contributed by atoms with E-state index in [9.17, 15) is 43.9 Å². The van der Waals surface area contributed by atoms with E-state index in [1.54, 1.807) is 0 Å². The first-order valence-electron chi connectivity index (χ1n) is 20.0. The number of carbonyl (C=O) groups excluding carboxylic acids is 1. The third-order valence-electron chi connectivity index (χ3n) is 10.4. The van der Waals surface area contributed by atoms with Crippen LogP contribution in [0.1, 0.15) is 10.4 Å². The van der Waals surface area contributed by atoms with Crippen molar-refractivity contribution in [2.24, 2.45) is 0 Å². The second-order valence-corrected chi connectivity index (χ2v) is 17.5. The molecule has 0 aromatic heterocycles. The van der Waals surface area contributed by atoms with Gasteiger partial charge in [0.15, 0.2) is 34.8 Å². The minimum Gasteiger partial charge on any atom is -0.447 e. The van der Waals surface area contributed by atoms with Crippen LogP contribution in [-0.2, 0) is 4.18 Å². The molecule has 0 aliphatic heterocycles. The molecular weight excluding hydrogens is 1080 g/mol. The van der Waals surface area contributed by atoms with Gasteiger partial charge < -0.3 is 18.4 Å². The van der Waals surface area contributed by atoms with Crippen LogP contribution in [0.15, 0.2) is 112 Å². The van der Waals surface area contributed by atoms with Gasteiger partial charge in [-0.25, -0.2) is 66.3 Å². The Bertz CT molecular complexity index is 3430.